The molecule has 1 aliphatic carbocycles. The van der Waals surface area contributed by atoms with Crippen LogP contribution in [0.3, 0.4) is 0 Å². The number of nitrogens with one attached hydrogen (secondary N) is 1. The third kappa shape index (κ3) is 1.94. The first kappa shape index (κ1) is 11.5. The first-order valence-corrected chi connectivity index (χ1v) is 6.56. The number of fused-ring (bicyclic) bond motifs is 1. The van der Waals surface area contributed by atoms with Gasteiger partial charge in [0.2, 0.25) is 0 Å². The van der Waals surface area contributed by atoms with E-state index < -0.39 is 0 Å². The largest absolute Gasteiger partial charge is 0.360 e. The number of carbonyl (C=O) groups excluding carboxylic acids is 1. The fourth-order valence-corrected chi connectivity index (χ4v) is 2.89. The number of carbonyl (C=O) groups is 1. The molecule has 0 atom stereocenters. The maximum absolute atomic E-state index is 13.1. The van der Waals surface area contributed by atoms with Crippen molar-refractivity contribution in [3.63, 3.8) is 0 Å². The van der Waals surface area contributed by atoms with Crippen LogP contribution in [-0.4, -0.2) is 10.8 Å². The summed E-state index contributed by atoms with van der Waals surface area (Å²) in [6, 6.07) is 4.54. The van der Waals surface area contributed by atoms with Crippen LogP contribution >= 0.6 is 0 Å². The molecule has 1 N–H and O–H groups in total. The van der Waals surface area contributed by atoms with Crippen LogP contribution in [-0.2, 0) is 0 Å². The highest BCUT2D eigenvalue weighted by molar-refractivity contribution is 6.08. The quantitative estimate of drug-likeness (QED) is 0.795. The zero-order chi connectivity index (χ0) is 12.5. The van der Waals surface area contributed by atoms with E-state index in [4.69, 9.17) is 0 Å². The summed E-state index contributed by atoms with van der Waals surface area (Å²) in [5.41, 5.74) is 1.42. The number of ketones is 1. The Hall–Kier alpha value is -1.64. The number of H-pyrrole nitrogens is 1. The summed E-state index contributed by atoms with van der Waals surface area (Å²) in [5, 5.41) is 0.840. The lowest BCUT2D eigenvalue weighted by atomic mass is 9.84. The Morgan fingerprint density at radius 3 is 2.78 bits per heavy atom. The maximum atomic E-state index is 13.1. The molecule has 1 aromatic carbocycles. The zero-order valence-electron chi connectivity index (χ0n) is 10.2. The van der Waals surface area contributed by atoms with E-state index in [1.807, 2.05) is 0 Å². The average molecular weight is 245 g/mol. The van der Waals surface area contributed by atoms with Crippen LogP contribution in [0.4, 0.5) is 4.39 Å². The lowest BCUT2D eigenvalue weighted by Gasteiger charge is -2.19. The summed E-state index contributed by atoms with van der Waals surface area (Å²) in [6.07, 6.45) is 7.24. The molecule has 1 saturated carbocycles. The maximum Gasteiger partial charge on any atom is 0.168 e. The van der Waals surface area contributed by atoms with E-state index in [2.05, 4.69) is 4.98 Å². The third-order valence-corrected chi connectivity index (χ3v) is 3.89. The van der Waals surface area contributed by atoms with E-state index in [-0.39, 0.29) is 17.5 Å². The molecule has 0 amide bonds. The predicted molar refractivity (Wildman–Crippen MR) is 69.2 cm³/mol. The summed E-state index contributed by atoms with van der Waals surface area (Å²) in [6.45, 7) is 0. The predicted octanol–water partition coefficient (Wildman–Crippen LogP) is 4.07. The highest BCUT2D eigenvalue weighted by Crippen LogP contribution is 2.29. The van der Waals surface area contributed by atoms with E-state index in [0.717, 1.165) is 36.6 Å². The second kappa shape index (κ2) is 4.56. The molecule has 3 rings (SSSR count). The third-order valence-electron chi connectivity index (χ3n) is 3.89. The van der Waals surface area contributed by atoms with Crippen LogP contribution in [0.5, 0.6) is 0 Å². The number of rotatable bonds is 2. The van der Waals surface area contributed by atoms with Crippen molar-refractivity contribution >= 4 is 16.7 Å². The van der Waals surface area contributed by atoms with Gasteiger partial charge in [0.1, 0.15) is 5.82 Å². The van der Waals surface area contributed by atoms with Crippen molar-refractivity contribution in [1.29, 1.82) is 0 Å². The minimum atomic E-state index is -0.277. The zero-order valence-corrected chi connectivity index (χ0v) is 10.2. The van der Waals surface area contributed by atoms with Crippen molar-refractivity contribution in [2.45, 2.75) is 32.1 Å². The van der Waals surface area contributed by atoms with Crippen molar-refractivity contribution in [2.75, 3.05) is 0 Å². The van der Waals surface area contributed by atoms with Crippen molar-refractivity contribution in [1.82, 2.24) is 4.98 Å². The van der Waals surface area contributed by atoms with Crippen LogP contribution in [0.1, 0.15) is 42.5 Å². The van der Waals surface area contributed by atoms with Gasteiger partial charge in [0, 0.05) is 28.6 Å². The van der Waals surface area contributed by atoms with Gasteiger partial charge in [-0.3, -0.25) is 4.79 Å². The summed E-state index contributed by atoms with van der Waals surface area (Å²) < 4.78 is 13.1. The highest BCUT2D eigenvalue weighted by Gasteiger charge is 2.24. The van der Waals surface area contributed by atoms with Crippen LogP contribution in [0.25, 0.3) is 10.9 Å². The Morgan fingerprint density at radius 2 is 2.00 bits per heavy atom. The van der Waals surface area contributed by atoms with Gasteiger partial charge >= 0.3 is 0 Å². The molecule has 0 saturated heterocycles. The van der Waals surface area contributed by atoms with Crippen molar-refractivity contribution < 1.29 is 9.18 Å². The van der Waals surface area contributed by atoms with Crippen molar-refractivity contribution in [3.8, 4) is 0 Å². The minimum absolute atomic E-state index is 0.155. The Balaban J connectivity index is 1.96. The summed E-state index contributed by atoms with van der Waals surface area (Å²) in [4.78, 5) is 15.4. The van der Waals surface area contributed by atoms with E-state index in [1.165, 1.54) is 18.6 Å². The van der Waals surface area contributed by atoms with E-state index in [0.29, 0.717) is 5.52 Å². The Morgan fingerprint density at radius 1 is 1.22 bits per heavy atom. The molecule has 0 spiro atoms. The van der Waals surface area contributed by atoms with Crippen LogP contribution in [0.15, 0.2) is 24.4 Å². The second-order valence-electron chi connectivity index (χ2n) is 5.09. The Bertz CT molecular complexity index is 581. The summed E-state index contributed by atoms with van der Waals surface area (Å²) >= 11 is 0. The minimum Gasteiger partial charge on any atom is -0.360 e. The normalized spacial score (nSPS) is 17.2. The molecule has 1 heterocycles. The number of Topliss-reactive ketones (excluding diaryl/α,β-unsaturated/α-hetero) is 1. The molecule has 3 heteroatoms. The first-order valence-electron chi connectivity index (χ1n) is 6.56. The lowest BCUT2D eigenvalue weighted by molar-refractivity contribution is 0.0891. The molecule has 1 aliphatic rings. The standard InChI is InChI=1S/C15H16FNO/c16-11-6-7-12-13(9-17-14(12)8-11)15(18)10-4-2-1-3-5-10/h6-10,17H,1-5H2. The van der Waals surface area contributed by atoms with Crippen molar-refractivity contribution in [3.05, 3.63) is 35.8 Å². The molecule has 1 aromatic heterocycles. The molecule has 94 valence electrons. The fraction of sp³-hybridized carbons (Fsp3) is 0.400. The molecule has 2 nitrogen and oxygen atoms in total. The number of halogens is 1. The number of aromatic amines is 1. The Labute approximate surface area is 105 Å². The van der Waals surface area contributed by atoms with Gasteiger partial charge in [-0.25, -0.2) is 4.39 Å². The van der Waals surface area contributed by atoms with Gasteiger partial charge in [-0.15, -0.1) is 0 Å². The summed E-state index contributed by atoms with van der Waals surface area (Å²) in [7, 11) is 0. The smallest absolute Gasteiger partial charge is 0.168 e. The number of benzene rings is 1. The molecule has 0 aliphatic heterocycles. The van der Waals surface area contributed by atoms with E-state index in [1.54, 1.807) is 12.3 Å². The number of hydrogen-bond acceptors (Lipinski definition) is 1. The van der Waals surface area contributed by atoms with Gasteiger partial charge < -0.3 is 4.98 Å². The molecule has 2 aromatic rings. The van der Waals surface area contributed by atoms with E-state index in [9.17, 15) is 9.18 Å². The molecule has 0 radical (unpaired) electrons. The molecular formula is C15H16FNO. The van der Waals surface area contributed by atoms with Gasteiger partial charge in [-0.05, 0) is 31.0 Å². The van der Waals surface area contributed by atoms with Gasteiger partial charge in [0.25, 0.3) is 0 Å². The Kier molecular flexibility index (Phi) is 2.90. The van der Waals surface area contributed by atoms with Gasteiger partial charge in [-0.1, -0.05) is 19.3 Å². The molecule has 1 fully saturated rings. The topological polar surface area (TPSA) is 32.9 Å². The molecule has 0 unspecified atom stereocenters. The molecular weight excluding hydrogens is 229 g/mol. The average Bonchev–Trinajstić information content (AvgIpc) is 2.81. The van der Waals surface area contributed by atoms with E-state index >= 15 is 0 Å². The summed E-state index contributed by atoms with van der Waals surface area (Å²) in [5.74, 6) is 0.0939. The molecule has 0 bridgehead atoms. The number of aromatic nitrogens is 1. The van der Waals surface area contributed by atoms with Crippen LogP contribution < -0.4 is 0 Å². The van der Waals surface area contributed by atoms with Gasteiger partial charge in [0.15, 0.2) is 5.78 Å². The monoisotopic (exact) mass is 245 g/mol. The fourth-order valence-electron chi connectivity index (χ4n) is 2.89. The first-order chi connectivity index (χ1) is 8.75. The van der Waals surface area contributed by atoms with Crippen LogP contribution in [0.2, 0.25) is 0 Å². The van der Waals surface area contributed by atoms with Crippen LogP contribution in [0, 0.1) is 11.7 Å². The lowest BCUT2D eigenvalue weighted by Crippen LogP contribution is -2.17. The second-order valence-corrected chi connectivity index (χ2v) is 5.09. The van der Waals surface area contributed by atoms with Gasteiger partial charge in [0.05, 0.1) is 0 Å². The highest BCUT2D eigenvalue weighted by atomic mass is 19.1. The van der Waals surface area contributed by atoms with Crippen molar-refractivity contribution in [2.24, 2.45) is 5.92 Å². The molecule has 18 heavy (non-hydrogen) atoms. The SMILES string of the molecule is O=C(c1c[nH]c2cc(F)ccc12)C1CCCCC1. The number of hydrogen-bond donors (Lipinski definition) is 1. The van der Waals surface area contributed by atoms with Gasteiger partial charge in [-0.2, -0.15) is 0 Å².